The van der Waals surface area contributed by atoms with Gasteiger partial charge in [-0.15, -0.1) is 0 Å². The van der Waals surface area contributed by atoms with Gasteiger partial charge in [0.05, 0.1) is 6.54 Å². The van der Waals surface area contributed by atoms with Crippen LogP contribution >= 0.6 is 0 Å². The van der Waals surface area contributed by atoms with Gasteiger partial charge in [-0.25, -0.2) is 4.79 Å². The first-order valence-electron chi connectivity index (χ1n) is 15.4. The highest BCUT2D eigenvalue weighted by atomic mass is 16.5. The first-order valence-corrected chi connectivity index (χ1v) is 15.4. The fourth-order valence-corrected chi connectivity index (χ4v) is 3.06. The summed E-state index contributed by atoms with van der Waals surface area (Å²) in [6, 6.07) is 27.5. The fraction of sp³-hybridized carbons (Fsp3) is 0.389. The molecule has 9 nitrogen and oxygen atoms in total. The Hall–Kier alpha value is -4.66. The maximum Gasteiger partial charge on any atom is 0.407 e. The molecule has 45 heavy (non-hydrogen) atoms. The molecule has 5 N–H and O–H groups in total. The maximum atomic E-state index is 12.3. The van der Waals surface area contributed by atoms with Crippen molar-refractivity contribution >= 4 is 23.8 Å². The molecule has 3 aromatic carbocycles. The number of benzene rings is 3. The van der Waals surface area contributed by atoms with Crippen LogP contribution in [0.15, 0.2) is 91.0 Å². The molecule has 0 heterocycles. The van der Waals surface area contributed by atoms with E-state index in [2.05, 4.69) is 55.8 Å². The van der Waals surface area contributed by atoms with Gasteiger partial charge in [-0.3, -0.25) is 14.4 Å². The van der Waals surface area contributed by atoms with E-state index in [-0.39, 0.29) is 26.1 Å². The van der Waals surface area contributed by atoms with Crippen LogP contribution in [0.2, 0.25) is 0 Å². The molecule has 0 spiro atoms. The number of hydrogen-bond acceptors (Lipinski definition) is 5. The lowest BCUT2D eigenvalue weighted by atomic mass is 10.1. The van der Waals surface area contributed by atoms with Gasteiger partial charge in [0.2, 0.25) is 17.7 Å². The first kappa shape index (κ1) is 42.5. The lowest BCUT2D eigenvalue weighted by Gasteiger charge is -2.18. The molecule has 0 aromatic heterocycles. The molecule has 0 fully saturated rings. The quantitative estimate of drug-likeness (QED) is 0.221. The fourth-order valence-electron chi connectivity index (χ4n) is 3.06. The normalized spacial score (nSPS) is 9.80. The minimum Gasteiger partial charge on any atom is -0.445 e. The lowest BCUT2D eigenvalue weighted by molar-refractivity contribution is -0.129. The predicted molar refractivity (Wildman–Crippen MR) is 183 cm³/mol. The Morgan fingerprint density at radius 3 is 1.56 bits per heavy atom. The number of primary amides is 1. The van der Waals surface area contributed by atoms with Crippen molar-refractivity contribution in [1.29, 1.82) is 0 Å². The van der Waals surface area contributed by atoms with E-state index in [4.69, 9.17) is 10.5 Å². The van der Waals surface area contributed by atoms with E-state index in [1.165, 1.54) is 5.56 Å². The van der Waals surface area contributed by atoms with Gasteiger partial charge < -0.3 is 26.4 Å². The van der Waals surface area contributed by atoms with E-state index in [0.717, 1.165) is 17.0 Å². The summed E-state index contributed by atoms with van der Waals surface area (Å²) in [5, 5.41) is 7.25. The van der Waals surface area contributed by atoms with Crippen LogP contribution in [0.3, 0.4) is 0 Å². The van der Waals surface area contributed by atoms with Crippen molar-refractivity contribution in [2.45, 2.75) is 74.5 Å². The molecular formula is C36H54N4O5. The smallest absolute Gasteiger partial charge is 0.407 e. The molecule has 1 unspecified atom stereocenters. The molecule has 0 saturated carbocycles. The van der Waals surface area contributed by atoms with Crippen LogP contribution in [0.5, 0.6) is 0 Å². The maximum absolute atomic E-state index is 12.3. The molecule has 0 bridgehead atoms. The highest BCUT2D eigenvalue weighted by molar-refractivity contribution is 5.91. The number of rotatable bonds is 10. The van der Waals surface area contributed by atoms with Crippen LogP contribution in [0.25, 0.3) is 0 Å². The average molecular weight is 623 g/mol. The van der Waals surface area contributed by atoms with Gasteiger partial charge in [-0.05, 0) is 24.0 Å². The van der Waals surface area contributed by atoms with Crippen molar-refractivity contribution in [3.63, 3.8) is 0 Å². The Bertz CT molecular complexity index is 1170. The van der Waals surface area contributed by atoms with Gasteiger partial charge in [-0.1, -0.05) is 145 Å². The molecular weight excluding hydrogens is 568 g/mol. The van der Waals surface area contributed by atoms with E-state index in [1.807, 2.05) is 70.2 Å². The summed E-state index contributed by atoms with van der Waals surface area (Å²) < 4.78 is 5.03. The van der Waals surface area contributed by atoms with Gasteiger partial charge in [0.1, 0.15) is 19.2 Å². The Balaban J connectivity index is 0. The van der Waals surface area contributed by atoms with E-state index >= 15 is 0 Å². The van der Waals surface area contributed by atoms with E-state index < -0.39 is 29.9 Å². The molecule has 1 atom stereocenters. The molecule has 3 aromatic rings. The van der Waals surface area contributed by atoms with Crippen molar-refractivity contribution < 1.29 is 23.9 Å². The van der Waals surface area contributed by atoms with Crippen molar-refractivity contribution in [2.75, 3.05) is 13.1 Å². The monoisotopic (exact) mass is 622 g/mol. The van der Waals surface area contributed by atoms with Crippen molar-refractivity contribution in [2.24, 2.45) is 11.7 Å². The zero-order chi connectivity index (χ0) is 34.5. The number of carbonyl (C=O) groups excluding carboxylic acids is 4. The predicted octanol–water partition coefficient (Wildman–Crippen LogP) is 5.95. The van der Waals surface area contributed by atoms with Crippen molar-refractivity contribution in [1.82, 2.24) is 16.0 Å². The minimum atomic E-state index is -0.943. The standard InChI is InChI=1S/C21H24N4O5.C7H8.C4H10.2C2H6/c22-18(26)12-23-20(28)17(11-15-7-3-1-4-8-15)25-19(27)13-24-21(29)30-14-16-9-5-2-6-10-16;1-7-5-3-2-4-6-7;1-4(2)3;2*1-2/h1-10,17H,11-14H2,(H2,22,26)(H,23,28)(H,24,29)(H,25,27);2-6H,1H3;4H,1-3H3;2*1-2H3. The zero-order valence-electron chi connectivity index (χ0n) is 28.3. The first-order chi connectivity index (χ1) is 21.6. The molecule has 0 aliphatic carbocycles. The van der Waals surface area contributed by atoms with E-state index in [9.17, 15) is 19.2 Å². The third kappa shape index (κ3) is 25.5. The third-order valence-electron chi connectivity index (χ3n) is 4.92. The van der Waals surface area contributed by atoms with Crippen LogP contribution in [-0.2, 0) is 32.1 Å². The lowest BCUT2D eigenvalue weighted by Crippen LogP contribution is -2.51. The topological polar surface area (TPSA) is 140 Å². The van der Waals surface area contributed by atoms with Gasteiger partial charge in [0.15, 0.2) is 0 Å². The number of carbonyl (C=O) groups is 4. The second-order valence-electron chi connectivity index (χ2n) is 9.80. The van der Waals surface area contributed by atoms with E-state index in [1.54, 1.807) is 36.4 Å². The molecule has 9 heteroatoms. The molecule has 0 aliphatic rings. The number of amides is 4. The van der Waals surface area contributed by atoms with Crippen LogP contribution < -0.4 is 21.7 Å². The van der Waals surface area contributed by atoms with Gasteiger partial charge in [0.25, 0.3) is 0 Å². The van der Waals surface area contributed by atoms with Crippen LogP contribution in [0.4, 0.5) is 4.79 Å². The van der Waals surface area contributed by atoms with E-state index in [0.29, 0.717) is 0 Å². The summed E-state index contributed by atoms with van der Waals surface area (Å²) in [5.41, 5.74) is 7.99. The van der Waals surface area contributed by atoms with Crippen molar-refractivity contribution in [3.8, 4) is 0 Å². The number of ether oxygens (including phenoxy) is 1. The van der Waals surface area contributed by atoms with Gasteiger partial charge >= 0.3 is 6.09 Å². The summed E-state index contributed by atoms with van der Waals surface area (Å²) >= 11 is 0. The molecule has 248 valence electrons. The summed E-state index contributed by atoms with van der Waals surface area (Å²) in [6.45, 7) is 15.9. The van der Waals surface area contributed by atoms with Gasteiger partial charge in [0, 0.05) is 6.42 Å². The highest BCUT2D eigenvalue weighted by Gasteiger charge is 2.21. The Morgan fingerprint density at radius 1 is 0.689 bits per heavy atom. The molecule has 0 saturated heterocycles. The summed E-state index contributed by atoms with van der Waals surface area (Å²) in [7, 11) is 0. The van der Waals surface area contributed by atoms with Crippen molar-refractivity contribution in [3.05, 3.63) is 108 Å². The Kier molecular flexibility index (Phi) is 26.5. The number of nitrogens with two attached hydrogens (primary N) is 1. The summed E-state index contributed by atoms with van der Waals surface area (Å²) in [6.07, 6.45) is -0.554. The largest absolute Gasteiger partial charge is 0.445 e. The van der Waals surface area contributed by atoms with Gasteiger partial charge in [-0.2, -0.15) is 0 Å². The number of alkyl carbamates (subject to hydrolysis) is 1. The second kappa shape index (κ2) is 28.1. The summed E-state index contributed by atoms with van der Waals surface area (Å²) in [4.78, 5) is 47.2. The number of hydrogen-bond donors (Lipinski definition) is 4. The van der Waals surface area contributed by atoms with Crippen LogP contribution in [0, 0.1) is 12.8 Å². The highest BCUT2D eigenvalue weighted by Crippen LogP contribution is 2.04. The molecule has 0 aliphatic heterocycles. The van der Waals surface area contributed by atoms with Crippen LogP contribution in [-0.4, -0.2) is 42.9 Å². The third-order valence-corrected chi connectivity index (χ3v) is 4.92. The second-order valence-corrected chi connectivity index (χ2v) is 9.80. The SMILES string of the molecule is CC.CC.CC(C)C.Cc1ccccc1.NC(=O)CNC(=O)C(Cc1ccccc1)NC(=O)CNC(=O)OCc1ccccc1. The number of aryl methyl sites for hydroxylation is 1. The minimum absolute atomic E-state index is 0.0699. The average Bonchev–Trinajstić information content (AvgIpc) is 3.04. The Labute approximate surface area is 270 Å². The molecule has 3 rings (SSSR count). The number of nitrogens with one attached hydrogen (secondary N) is 3. The van der Waals surface area contributed by atoms with Crippen LogP contribution in [0.1, 0.15) is 65.2 Å². The zero-order valence-corrected chi connectivity index (χ0v) is 28.3. The molecule has 4 amide bonds. The molecule has 0 radical (unpaired) electrons. The Morgan fingerprint density at radius 2 is 1.13 bits per heavy atom. The summed E-state index contributed by atoms with van der Waals surface area (Å²) in [5.74, 6) is -1.00.